The molecular weight excluding hydrogens is 597 g/mol. The van der Waals surface area contributed by atoms with Crippen LogP contribution >= 0.6 is 23.2 Å². The van der Waals surface area contributed by atoms with E-state index >= 15 is 0 Å². The molecule has 0 bridgehead atoms. The quantitative estimate of drug-likeness (QED) is 0.281. The third-order valence-corrected chi connectivity index (χ3v) is 9.93. The number of nitrogens with zero attached hydrogens (tertiary/aromatic N) is 2. The van der Waals surface area contributed by atoms with E-state index in [-0.39, 0.29) is 34.1 Å². The number of rotatable bonds is 11. The molecule has 3 aromatic carbocycles. The van der Waals surface area contributed by atoms with Crippen molar-refractivity contribution in [2.45, 2.75) is 63.1 Å². The summed E-state index contributed by atoms with van der Waals surface area (Å²) in [5.74, 6) is -0.522. The Morgan fingerprint density at radius 3 is 2.29 bits per heavy atom. The summed E-state index contributed by atoms with van der Waals surface area (Å²) in [6.45, 7) is 2.93. The lowest BCUT2D eigenvalue weighted by atomic mass is 10.1. The van der Waals surface area contributed by atoms with E-state index < -0.39 is 28.5 Å². The topological polar surface area (TPSA) is 96.0 Å². The van der Waals surface area contributed by atoms with Crippen LogP contribution in [-0.4, -0.2) is 50.9 Å². The predicted molar refractivity (Wildman–Crippen MR) is 166 cm³/mol. The van der Waals surface area contributed by atoms with Gasteiger partial charge in [-0.1, -0.05) is 71.9 Å². The molecule has 0 aliphatic heterocycles. The summed E-state index contributed by atoms with van der Waals surface area (Å²) in [6, 6.07) is 17.1. The van der Waals surface area contributed by atoms with Crippen LogP contribution in [0.15, 0.2) is 71.6 Å². The van der Waals surface area contributed by atoms with Crippen LogP contribution in [0.3, 0.4) is 0 Å². The largest absolute Gasteiger partial charge is 0.495 e. The summed E-state index contributed by atoms with van der Waals surface area (Å²) in [5.41, 5.74) is 1.70. The molecule has 0 saturated heterocycles. The van der Waals surface area contributed by atoms with Gasteiger partial charge in [-0.2, -0.15) is 0 Å². The van der Waals surface area contributed by atoms with Gasteiger partial charge in [0.25, 0.3) is 10.0 Å². The molecule has 1 aliphatic rings. The highest BCUT2D eigenvalue weighted by Crippen LogP contribution is 2.32. The Morgan fingerprint density at radius 2 is 1.67 bits per heavy atom. The van der Waals surface area contributed by atoms with E-state index in [1.807, 2.05) is 6.92 Å². The molecule has 0 spiro atoms. The minimum Gasteiger partial charge on any atom is -0.495 e. The van der Waals surface area contributed by atoms with Crippen molar-refractivity contribution in [2.75, 3.05) is 18.0 Å². The molecule has 11 heteroatoms. The number of halogens is 2. The molecule has 1 fully saturated rings. The zero-order chi connectivity index (χ0) is 30.4. The standard InChI is InChI=1S/C31H35Cl2N3O5S/c1-21-12-15-26(16-13-21)42(39,40)36(25-14-17-29(41-3)28(33)18-25)20-30(37)35(19-23-8-4-7-11-27(23)32)22(2)31(38)34-24-9-5-6-10-24/h4,7-8,11-18,22,24H,5-6,9-10,19-20H2,1-3H3,(H,34,38)/t22-/m0/s1. The molecule has 1 atom stereocenters. The van der Waals surface area contributed by atoms with Gasteiger partial charge in [0.2, 0.25) is 11.8 Å². The van der Waals surface area contributed by atoms with Gasteiger partial charge in [-0.25, -0.2) is 8.42 Å². The first-order chi connectivity index (χ1) is 20.0. The number of aryl methyl sites for hydroxylation is 1. The summed E-state index contributed by atoms with van der Waals surface area (Å²) in [6.07, 6.45) is 3.85. The molecule has 0 unspecified atom stereocenters. The number of ether oxygens (including phenoxy) is 1. The third-order valence-electron chi connectivity index (χ3n) is 7.48. The molecule has 1 aliphatic carbocycles. The van der Waals surface area contributed by atoms with E-state index in [2.05, 4.69) is 5.32 Å². The zero-order valence-corrected chi connectivity index (χ0v) is 26.2. The van der Waals surface area contributed by atoms with Crippen molar-refractivity contribution in [1.82, 2.24) is 10.2 Å². The number of sulfonamides is 1. The number of hydrogen-bond acceptors (Lipinski definition) is 5. The SMILES string of the molecule is COc1ccc(N(CC(=O)N(Cc2ccccc2Cl)[C@@H](C)C(=O)NC2CCCC2)S(=O)(=O)c2ccc(C)cc2)cc1Cl. The van der Waals surface area contributed by atoms with E-state index in [1.165, 1.54) is 36.3 Å². The van der Waals surface area contributed by atoms with Crippen molar-refractivity contribution in [3.63, 3.8) is 0 Å². The molecule has 4 rings (SSSR count). The lowest BCUT2D eigenvalue weighted by molar-refractivity contribution is -0.139. The maximum absolute atomic E-state index is 14.1. The van der Waals surface area contributed by atoms with Gasteiger partial charge in [-0.05, 0) is 68.7 Å². The van der Waals surface area contributed by atoms with Crippen LogP contribution in [0.25, 0.3) is 0 Å². The molecule has 42 heavy (non-hydrogen) atoms. The van der Waals surface area contributed by atoms with E-state index in [9.17, 15) is 18.0 Å². The van der Waals surface area contributed by atoms with Crippen LogP contribution in [0, 0.1) is 6.92 Å². The lowest BCUT2D eigenvalue weighted by Crippen LogP contribution is -2.52. The minimum absolute atomic E-state index is 0.0116. The molecular formula is C31H35Cl2N3O5S. The summed E-state index contributed by atoms with van der Waals surface area (Å²) < 4.78 is 34.2. The van der Waals surface area contributed by atoms with Crippen molar-refractivity contribution >= 4 is 50.7 Å². The smallest absolute Gasteiger partial charge is 0.264 e. The molecule has 8 nitrogen and oxygen atoms in total. The van der Waals surface area contributed by atoms with Gasteiger partial charge in [0.05, 0.1) is 22.7 Å². The van der Waals surface area contributed by atoms with E-state index in [1.54, 1.807) is 49.4 Å². The van der Waals surface area contributed by atoms with Crippen molar-refractivity contribution in [3.8, 4) is 5.75 Å². The Bertz CT molecular complexity index is 1530. The average Bonchev–Trinajstić information content (AvgIpc) is 3.48. The Labute approximate surface area is 257 Å². The maximum Gasteiger partial charge on any atom is 0.264 e. The Balaban J connectivity index is 1.72. The average molecular weight is 633 g/mol. The number of hydrogen-bond donors (Lipinski definition) is 1. The first-order valence-corrected chi connectivity index (χ1v) is 16.0. The molecule has 0 radical (unpaired) electrons. The number of carbonyl (C=O) groups excluding carboxylic acids is 2. The molecule has 0 aromatic heterocycles. The summed E-state index contributed by atoms with van der Waals surface area (Å²) >= 11 is 12.8. The molecule has 0 heterocycles. The van der Waals surface area contributed by atoms with E-state index in [0.29, 0.717) is 16.3 Å². The third kappa shape index (κ3) is 7.38. The summed E-state index contributed by atoms with van der Waals surface area (Å²) in [7, 11) is -2.77. The van der Waals surface area contributed by atoms with Gasteiger partial charge in [0, 0.05) is 17.6 Å². The Hall–Kier alpha value is -3.27. The minimum atomic E-state index is -4.22. The fourth-order valence-corrected chi connectivity index (χ4v) is 6.81. The van der Waals surface area contributed by atoms with Crippen molar-refractivity contribution < 1.29 is 22.7 Å². The number of anilines is 1. The lowest BCUT2D eigenvalue weighted by Gasteiger charge is -2.32. The second-order valence-corrected chi connectivity index (χ2v) is 13.1. The van der Waals surface area contributed by atoms with Crippen LogP contribution in [0.4, 0.5) is 5.69 Å². The van der Waals surface area contributed by atoms with Crippen molar-refractivity contribution in [3.05, 3.63) is 87.9 Å². The Kier molecular flexibility index (Phi) is 10.4. The van der Waals surface area contributed by atoms with Crippen LogP contribution in [0.1, 0.15) is 43.7 Å². The number of methoxy groups -OCH3 is 1. The van der Waals surface area contributed by atoms with Crippen LogP contribution in [-0.2, 0) is 26.2 Å². The second-order valence-electron chi connectivity index (χ2n) is 10.4. The highest BCUT2D eigenvalue weighted by molar-refractivity contribution is 7.92. The number of carbonyl (C=O) groups is 2. The van der Waals surface area contributed by atoms with Crippen molar-refractivity contribution in [2.24, 2.45) is 0 Å². The maximum atomic E-state index is 14.1. The molecule has 1 saturated carbocycles. The normalized spacial score (nSPS) is 14.3. The summed E-state index contributed by atoms with van der Waals surface area (Å²) in [5, 5.41) is 3.67. The zero-order valence-electron chi connectivity index (χ0n) is 23.8. The monoisotopic (exact) mass is 631 g/mol. The fraction of sp³-hybridized carbons (Fsp3) is 0.355. The fourth-order valence-electron chi connectivity index (χ4n) is 4.96. The molecule has 1 N–H and O–H groups in total. The van der Waals surface area contributed by atoms with Gasteiger partial charge in [0.1, 0.15) is 18.3 Å². The van der Waals surface area contributed by atoms with Gasteiger partial charge in [0.15, 0.2) is 0 Å². The summed E-state index contributed by atoms with van der Waals surface area (Å²) in [4.78, 5) is 28.8. The van der Waals surface area contributed by atoms with Gasteiger partial charge >= 0.3 is 0 Å². The molecule has 3 aromatic rings. The Morgan fingerprint density at radius 1 is 1.00 bits per heavy atom. The highest BCUT2D eigenvalue weighted by Gasteiger charge is 2.34. The van der Waals surface area contributed by atoms with Gasteiger partial charge in [-0.3, -0.25) is 13.9 Å². The second kappa shape index (κ2) is 13.8. The molecule has 2 amide bonds. The van der Waals surface area contributed by atoms with Crippen molar-refractivity contribution in [1.29, 1.82) is 0 Å². The van der Waals surface area contributed by atoms with Gasteiger partial charge < -0.3 is 15.0 Å². The van der Waals surface area contributed by atoms with Gasteiger partial charge in [-0.15, -0.1) is 0 Å². The number of benzene rings is 3. The molecule has 224 valence electrons. The van der Waals surface area contributed by atoms with Crippen LogP contribution in [0.2, 0.25) is 10.0 Å². The van der Waals surface area contributed by atoms with Crippen LogP contribution in [0.5, 0.6) is 5.75 Å². The number of nitrogens with one attached hydrogen (secondary N) is 1. The first-order valence-electron chi connectivity index (χ1n) is 13.8. The predicted octanol–water partition coefficient (Wildman–Crippen LogP) is 5.98. The number of amides is 2. The van der Waals surface area contributed by atoms with E-state index in [0.717, 1.165) is 35.6 Å². The van der Waals surface area contributed by atoms with E-state index in [4.69, 9.17) is 27.9 Å². The highest BCUT2D eigenvalue weighted by atomic mass is 35.5. The van der Waals surface area contributed by atoms with Crippen LogP contribution < -0.4 is 14.4 Å². The first kappa shape index (κ1) is 31.7.